The zero-order valence-corrected chi connectivity index (χ0v) is 21.2. The first kappa shape index (κ1) is 28.2. The number of fused-ring (bicyclic) bond motifs is 1. The third kappa shape index (κ3) is 10.1. The van der Waals surface area contributed by atoms with Crippen LogP contribution >= 0.6 is 23.4 Å². The molecule has 3 rings (SSSR count). The molecule has 176 valence electrons. The molecule has 1 heterocycles. The van der Waals surface area contributed by atoms with Gasteiger partial charge < -0.3 is 0 Å². The Morgan fingerprint density at radius 3 is 2.27 bits per heavy atom. The van der Waals surface area contributed by atoms with Crippen LogP contribution in [0.2, 0.25) is 0 Å². The topological polar surface area (TPSA) is 70.6 Å². The highest BCUT2D eigenvalue weighted by molar-refractivity contribution is 8.03. The Bertz CT molecular complexity index is 988. The first-order chi connectivity index (χ1) is 15.9. The molecule has 0 unspecified atom stereocenters. The molecule has 0 fully saturated rings. The van der Waals surface area contributed by atoms with Crippen molar-refractivity contribution < 1.29 is 9.59 Å². The maximum Gasteiger partial charge on any atom is 0.242 e. The highest BCUT2D eigenvalue weighted by atomic mass is 35.5. The fraction of sp³-hybridized carbons (Fsp3) is 0.269. The Morgan fingerprint density at radius 2 is 1.64 bits per heavy atom. The minimum Gasteiger partial charge on any atom is -0.273 e. The number of carbonyl (C=O) groups is 2. The molecule has 1 aliphatic rings. The van der Waals surface area contributed by atoms with E-state index in [-0.39, 0.29) is 24.7 Å². The predicted molar refractivity (Wildman–Crippen MR) is 140 cm³/mol. The molecule has 0 spiro atoms. The average molecular weight is 486 g/mol. The van der Waals surface area contributed by atoms with Gasteiger partial charge in [-0.15, -0.1) is 6.58 Å². The number of benzene rings is 2. The van der Waals surface area contributed by atoms with Gasteiger partial charge >= 0.3 is 0 Å². The van der Waals surface area contributed by atoms with Crippen molar-refractivity contribution in [1.82, 2.24) is 10.9 Å². The fourth-order valence-corrected chi connectivity index (χ4v) is 4.05. The molecule has 0 aromatic heterocycles. The van der Waals surface area contributed by atoms with E-state index in [0.717, 1.165) is 23.2 Å². The normalized spacial score (nSPS) is 11.8. The summed E-state index contributed by atoms with van der Waals surface area (Å²) in [4.78, 5) is 29.3. The van der Waals surface area contributed by atoms with Crippen molar-refractivity contribution >= 4 is 40.3 Å². The molecule has 0 radical (unpaired) electrons. The largest absolute Gasteiger partial charge is 0.273 e. The van der Waals surface area contributed by atoms with E-state index in [1.54, 1.807) is 11.8 Å². The first-order valence-electron chi connectivity index (χ1n) is 10.9. The SMILES string of the molecule is C=CCC(=O)NNC(=O)Cc1ccccc1.CC.CCC1=C(C)N=C(Cl)c2ccccc2S1. The van der Waals surface area contributed by atoms with Gasteiger partial charge in [-0.25, -0.2) is 4.99 Å². The van der Waals surface area contributed by atoms with Crippen molar-refractivity contribution in [2.24, 2.45) is 4.99 Å². The van der Waals surface area contributed by atoms with E-state index in [1.165, 1.54) is 15.9 Å². The van der Waals surface area contributed by atoms with E-state index >= 15 is 0 Å². The molecule has 2 amide bonds. The van der Waals surface area contributed by atoms with Crippen molar-refractivity contribution in [1.29, 1.82) is 0 Å². The van der Waals surface area contributed by atoms with Crippen LogP contribution in [0.5, 0.6) is 0 Å². The van der Waals surface area contributed by atoms with Crippen LogP contribution in [-0.2, 0) is 16.0 Å². The number of hydrogen-bond donors (Lipinski definition) is 2. The molecular formula is C26H32ClN3O2S. The maximum atomic E-state index is 11.4. The molecule has 0 saturated heterocycles. The Balaban J connectivity index is 0.000000307. The standard InChI is InChI=1S/C12H12ClNS.C12H14N2O2.C2H6/c1-3-10-8(2)14-12(13)9-6-4-5-7-11(9)15-10;1-2-6-11(15)13-14-12(16)9-10-7-4-3-5-8-10;1-2/h4-7H,3H2,1-2H3;2-5,7-8H,1,6,9H2,(H,13,15)(H,14,16);1-2H3. The third-order valence-corrected chi connectivity index (χ3v) is 5.91. The molecule has 33 heavy (non-hydrogen) atoms. The second kappa shape index (κ2) is 15.9. The molecule has 2 N–H and O–H groups in total. The number of carbonyl (C=O) groups excluding carboxylic acids is 2. The summed E-state index contributed by atoms with van der Waals surface area (Å²) in [5.74, 6) is -0.528. The highest BCUT2D eigenvalue weighted by Crippen LogP contribution is 2.37. The second-order valence-corrected chi connectivity index (χ2v) is 8.11. The van der Waals surface area contributed by atoms with Gasteiger partial charge in [0.2, 0.25) is 11.8 Å². The fourth-order valence-electron chi connectivity index (χ4n) is 2.68. The van der Waals surface area contributed by atoms with E-state index in [9.17, 15) is 9.59 Å². The first-order valence-corrected chi connectivity index (χ1v) is 12.1. The summed E-state index contributed by atoms with van der Waals surface area (Å²) in [5, 5.41) is 0.596. The Labute approximate surface area is 206 Å². The lowest BCUT2D eigenvalue weighted by Gasteiger charge is -2.05. The van der Waals surface area contributed by atoms with Gasteiger partial charge in [0.15, 0.2) is 0 Å². The molecule has 7 heteroatoms. The Morgan fingerprint density at radius 1 is 1.03 bits per heavy atom. The summed E-state index contributed by atoms with van der Waals surface area (Å²) < 4.78 is 0. The van der Waals surface area contributed by atoms with E-state index in [0.29, 0.717) is 5.17 Å². The minimum atomic E-state index is -0.281. The van der Waals surface area contributed by atoms with Gasteiger partial charge in [-0.05, 0) is 25.0 Å². The number of hydrazine groups is 1. The van der Waals surface area contributed by atoms with Crippen LogP contribution < -0.4 is 10.9 Å². The molecule has 2 aromatic rings. The van der Waals surface area contributed by atoms with Crippen molar-refractivity contribution in [3.63, 3.8) is 0 Å². The molecule has 0 bridgehead atoms. The highest BCUT2D eigenvalue weighted by Gasteiger charge is 2.14. The number of halogens is 1. The van der Waals surface area contributed by atoms with E-state index in [4.69, 9.17) is 11.6 Å². The van der Waals surface area contributed by atoms with Crippen LogP contribution in [0.4, 0.5) is 0 Å². The summed E-state index contributed by atoms with van der Waals surface area (Å²) in [7, 11) is 0. The number of hydrogen-bond acceptors (Lipinski definition) is 4. The number of nitrogens with one attached hydrogen (secondary N) is 2. The molecule has 2 aromatic carbocycles. The van der Waals surface area contributed by atoms with Gasteiger partial charge in [-0.3, -0.25) is 20.4 Å². The lowest BCUT2D eigenvalue weighted by atomic mass is 10.1. The van der Waals surface area contributed by atoms with E-state index in [1.807, 2.05) is 69.3 Å². The lowest BCUT2D eigenvalue weighted by molar-refractivity contribution is -0.128. The van der Waals surface area contributed by atoms with Crippen molar-refractivity contribution in [2.75, 3.05) is 0 Å². The van der Waals surface area contributed by atoms with Gasteiger partial charge in [0.05, 0.1) is 6.42 Å². The second-order valence-electron chi connectivity index (χ2n) is 6.61. The van der Waals surface area contributed by atoms with E-state index in [2.05, 4.69) is 35.4 Å². The molecule has 0 aliphatic carbocycles. The number of amides is 2. The van der Waals surface area contributed by atoms with Gasteiger partial charge in [0.25, 0.3) is 0 Å². The van der Waals surface area contributed by atoms with Crippen molar-refractivity contribution in [3.05, 3.63) is 89.0 Å². The van der Waals surface area contributed by atoms with Crippen molar-refractivity contribution in [2.45, 2.75) is 51.9 Å². The van der Waals surface area contributed by atoms with Gasteiger partial charge in [0.1, 0.15) is 5.17 Å². The minimum absolute atomic E-state index is 0.186. The quantitative estimate of drug-likeness (QED) is 0.380. The molecule has 5 nitrogen and oxygen atoms in total. The summed E-state index contributed by atoms with van der Waals surface area (Å²) in [6.45, 7) is 11.6. The lowest BCUT2D eigenvalue weighted by Crippen LogP contribution is -2.42. The van der Waals surface area contributed by atoms with Gasteiger partial charge in [0, 0.05) is 27.5 Å². The number of rotatable bonds is 5. The van der Waals surface area contributed by atoms with Gasteiger partial charge in [-0.2, -0.15) is 0 Å². The molecular weight excluding hydrogens is 454 g/mol. The molecule has 0 saturated carbocycles. The summed E-state index contributed by atoms with van der Waals surface area (Å²) in [5.41, 5.74) is 7.59. The van der Waals surface area contributed by atoms with Crippen molar-refractivity contribution in [3.8, 4) is 0 Å². The van der Waals surface area contributed by atoms with Gasteiger partial charge in [-0.1, -0.05) is 98.7 Å². The number of aliphatic imine (C=N–C) groups is 1. The summed E-state index contributed by atoms with van der Waals surface area (Å²) in [6.07, 6.45) is 2.90. The summed E-state index contributed by atoms with van der Waals surface area (Å²) >= 11 is 7.94. The maximum absolute atomic E-state index is 11.4. The predicted octanol–water partition coefficient (Wildman–Crippen LogP) is 6.40. The monoisotopic (exact) mass is 485 g/mol. The van der Waals surface area contributed by atoms with Crippen LogP contribution in [0, 0.1) is 0 Å². The van der Waals surface area contributed by atoms with Crippen LogP contribution in [0.1, 0.15) is 51.7 Å². The zero-order chi connectivity index (χ0) is 24.6. The zero-order valence-electron chi connectivity index (χ0n) is 19.7. The van der Waals surface area contributed by atoms with Crippen LogP contribution in [0.25, 0.3) is 0 Å². The van der Waals surface area contributed by atoms with Crippen LogP contribution in [0.3, 0.4) is 0 Å². The summed E-state index contributed by atoms with van der Waals surface area (Å²) in [6, 6.07) is 17.4. The Kier molecular flexibility index (Phi) is 13.6. The van der Waals surface area contributed by atoms with Crippen LogP contribution in [-0.4, -0.2) is 17.0 Å². The molecule has 1 aliphatic heterocycles. The van der Waals surface area contributed by atoms with E-state index < -0.39 is 0 Å². The third-order valence-electron chi connectivity index (χ3n) is 4.21. The average Bonchev–Trinajstić information content (AvgIpc) is 2.96. The van der Waals surface area contributed by atoms with Crippen LogP contribution in [0.15, 0.2) is 87.7 Å². The molecule has 0 atom stereocenters. The number of nitrogens with zero attached hydrogens (tertiary/aromatic N) is 1. The number of allylic oxidation sites excluding steroid dienone is 2. The Hall–Kier alpha value is -2.83. The number of thioether (sulfide) groups is 1. The smallest absolute Gasteiger partial charge is 0.242 e.